The summed E-state index contributed by atoms with van der Waals surface area (Å²) in [6.07, 6.45) is 7.03. The Hall–Kier alpha value is -2.36. The van der Waals surface area contributed by atoms with Crippen molar-refractivity contribution in [1.82, 2.24) is 0 Å². The molecule has 0 saturated heterocycles. The SMILES string of the molecule is C=C(/C=C\C=C(/CC)c1ccccc1)c1ccc(B(O)O)cc1. The fourth-order valence-corrected chi connectivity index (χ4v) is 2.32. The largest absolute Gasteiger partial charge is 0.488 e. The van der Waals surface area contributed by atoms with Gasteiger partial charge in [0.2, 0.25) is 0 Å². The molecule has 0 bridgehead atoms. The van der Waals surface area contributed by atoms with Crippen LogP contribution in [0.25, 0.3) is 11.1 Å². The van der Waals surface area contributed by atoms with E-state index in [1.807, 2.05) is 42.5 Å². The zero-order valence-electron chi connectivity index (χ0n) is 13.3. The summed E-state index contributed by atoms with van der Waals surface area (Å²) in [6.45, 7) is 6.19. The van der Waals surface area contributed by atoms with Gasteiger partial charge in [0.1, 0.15) is 0 Å². The lowest BCUT2D eigenvalue weighted by Crippen LogP contribution is -2.29. The highest BCUT2D eigenvalue weighted by atomic mass is 16.4. The van der Waals surface area contributed by atoms with Crippen molar-refractivity contribution in [2.75, 3.05) is 0 Å². The molecular weight excluding hydrogens is 283 g/mol. The molecule has 2 aromatic carbocycles. The lowest BCUT2D eigenvalue weighted by atomic mass is 9.80. The summed E-state index contributed by atoms with van der Waals surface area (Å²) < 4.78 is 0. The van der Waals surface area contributed by atoms with Crippen LogP contribution in [0.15, 0.2) is 79.4 Å². The summed E-state index contributed by atoms with van der Waals surface area (Å²) in [5.74, 6) is 0. The summed E-state index contributed by atoms with van der Waals surface area (Å²) in [7, 11) is -1.44. The van der Waals surface area contributed by atoms with Crippen molar-refractivity contribution in [3.05, 3.63) is 90.5 Å². The molecule has 0 radical (unpaired) electrons. The summed E-state index contributed by atoms with van der Waals surface area (Å²) in [5, 5.41) is 18.2. The molecular formula is C20H21BO2. The maximum absolute atomic E-state index is 9.10. The van der Waals surface area contributed by atoms with Crippen LogP contribution in [0.3, 0.4) is 0 Å². The Morgan fingerprint density at radius 2 is 1.65 bits per heavy atom. The first-order valence-electron chi connectivity index (χ1n) is 7.70. The molecule has 0 aliphatic carbocycles. The molecule has 0 spiro atoms. The smallest absolute Gasteiger partial charge is 0.423 e. The second-order valence-electron chi connectivity index (χ2n) is 5.29. The van der Waals surface area contributed by atoms with Crippen LogP contribution in [0.4, 0.5) is 0 Å². The van der Waals surface area contributed by atoms with Crippen LogP contribution < -0.4 is 5.46 Å². The molecule has 3 heteroatoms. The Bertz CT molecular complexity index is 698. The average molecular weight is 304 g/mol. The maximum atomic E-state index is 9.10. The van der Waals surface area contributed by atoms with Crippen molar-refractivity contribution in [2.24, 2.45) is 0 Å². The van der Waals surface area contributed by atoms with E-state index in [9.17, 15) is 0 Å². The van der Waals surface area contributed by atoms with E-state index in [2.05, 4.69) is 31.7 Å². The van der Waals surface area contributed by atoms with E-state index in [1.54, 1.807) is 12.1 Å². The highest BCUT2D eigenvalue weighted by Gasteiger charge is 2.09. The summed E-state index contributed by atoms with van der Waals surface area (Å²) in [5.41, 5.74) is 4.81. The monoisotopic (exact) mass is 304 g/mol. The third-order valence-corrected chi connectivity index (χ3v) is 3.70. The molecule has 23 heavy (non-hydrogen) atoms. The summed E-state index contributed by atoms with van der Waals surface area (Å²) in [6, 6.07) is 17.4. The van der Waals surface area contributed by atoms with Gasteiger partial charge in [-0.15, -0.1) is 0 Å². The Balaban J connectivity index is 2.09. The van der Waals surface area contributed by atoms with Crippen LogP contribution in [-0.2, 0) is 0 Å². The number of benzene rings is 2. The van der Waals surface area contributed by atoms with E-state index in [0.29, 0.717) is 5.46 Å². The third-order valence-electron chi connectivity index (χ3n) is 3.70. The van der Waals surface area contributed by atoms with Gasteiger partial charge in [0.15, 0.2) is 0 Å². The van der Waals surface area contributed by atoms with E-state index in [-0.39, 0.29) is 0 Å². The van der Waals surface area contributed by atoms with Gasteiger partial charge in [-0.25, -0.2) is 0 Å². The Morgan fingerprint density at radius 3 is 2.22 bits per heavy atom. The molecule has 0 saturated carbocycles. The maximum Gasteiger partial charge on any atom is 0.488 e. The van der Waals surface area contributed by atoms with E-state index >= 15 is 0 Å². The van der Waals surface area contributed by atoms with Gasteiger partial charge < -0.3 is 10.0 Å². The molecule has 0 fully saturated rings. The molecule has 116 valence electrons. The van der Waals surface area contributed by atoms with Crippen molar-refractivity contribution in [2.45, 2.75) is 13.3 Å². The highest BCUT2D eigenvalue weighted by molar-refractivity contribution is 6.58. The van der Waals surface area contributed by atoms with Crippen molar-refractivity contribution < 1.29 is 10.0 Å². The van der Waals surface area contributed by atoms with Crippen molar-refractivity contribution >= 4 is 23.7 Å². The molecule has 0 unspecified atom stereocenters. The van der Waals surface area contributed by atoms with E-state index < -0.39 is 7.12 Å². The predicted molar refractivity (Wildman–Crippen MR) is 99.2 cm³/mol. The lowest BCUT2D eigenvalue weighted by molar-refractivity contribution is 0.426. The van der Waals surface area contributed by atoms with Gasteiger partial charge in [0.05, 0.1) is 0 Å². The van der Waals surface area contributed by atoms with Gasteiger partial charge in [0, 0.05) is 0 Å². The van der Waals surface area contributed by atoms with Crippen LogP contribution in [0.1, 0.15) is 24.5 Å². The predicted octanol–water partition coefficient (Wildman–Crippen LogP) is 3.43. The molecule has 2 aromatic rings. The van der Waals surface area contributed by atoms with Crippen LogP contribution in [-0.4, -0.2) is 17.2 Å². The minimum absolute atomic E-state index is 0.475. The molecule has 0 amide bonds. The van der Waals surface area contributed by atoms with Crippen molar-refractivity contribution in [3.63, 3.8) is 0 Å². The standard InChI is InChI=1S/C20H21BO2/c1-3-17(19-9-5-4-6-10-19)11-7-8-16(2)18-12-14-20(15-13-18)21(22)23/h4-15,22-23H,2-3H2,1H3/b8-7-,17-11+. The molecule has 0 heterocycles. The van der Waals surface area contributed by atoms with Crippen molar-refractivity contribution in [1.29, 1.82) is 0 Å². The second-order valence-corrected chi connectivity index (χ2v) is 5.29. The average Bonchev–Trinajstić information content (AvgIpc) is 2.59. The minimum atomic E-state index is -1.44. The number of allylic oxidation sites excluding steroid dienone is 5. The zero-order chi connectivity index (χ0) is 16.7. The molecule has 0 aliphatic rings. The fraction of sp³-hybridized carbons (Fsp3) is 0.100. The normalized spacial score (nSPS) is 11.7. The zero-order valence-corrected chi connectivity index (χ0v) is 13.3. The third kappa shape index (κ3) is 4.81. The van der Waals surface area contributed by atoms with Gasteiger partial charge in [-0.05, 0) is 34.2 Å². The Kier molecular flexibility index (Phi) is 6.15. The van der Waals surface area contributed by atoms with Gasteiger partial charge in [-0.3, -0.25) is 0 Å². The van der Waals surface area contributed by atoms with Crippen LogP contribution >= 0.6 is 0 Å². The molecule has 2 rings (SSSR count). The first-order chi connectivity index (χ1) is 11.1. The van der Waals surface area contributed by atoms with E-state index in [0.717, 1.165) is 17.6 Å². The molecule has 2 N–H and O–H groups in total. The molecule has 0 atom stereocenters. The highest BCUT2D eigenvalue weighted by Crippen LogP contribution is 2.18. The molecule has 0 aromatic heterocycles. The molecule has 2 nitrogen and oxygen atoms in total. The Morgan fingerprint density at radius 1 is 1.00 bits per heavy atom. The van der Waals surface area contributed by atoms with Gasteiger partial charge in [-0.1, -0.05) is 86.3 Å². The van der Waals surface area contributed by atoms with Crippen LogP contribution in [0, 0.1) is 0 Å². The lowest BCUT2D eigenvalue weighted by Gasteiger charge is -2.04. The van der Waals surface area contributed by atoms with E-state index in [1.165, 1.54) is 11.1 Å². The second kappa shape index (κ2) is 8.32. The number of rotatable bonds is 6. The van der Waals surface area contributed by atoms with Crippen LogP contribution in [0.5, 0.6) is 0 Å². The topological polar surface area (TPSA) is 40.5 Å². The molecule has 0 aliphatic heterocycles. The van der Waals surface area contributed by atoms with Crippen molar-refractivity contribution in [3.8, 4) is 0 Å². The number of hydrogen-bond acceptors (Lipinski definition) is 2. The summed E-state index contributed by atoms with van der Waals surface area (Å²) >= 11 is 0. The Labute approximate surface area is 138 Å². The first kappa shape index (κ1) is 17.0. The van der Waals surface area contributed by atoms with Crippen LogP contribution in [0.2, 0.25) is 0 Å². The first-order valence-corrected chi connectivity index (χ1v) is 7.70. The number of hydrogen-bond donors (Lipinski definition) is 2. The fourth-order valence-electron chi connectivity index (χ4n) is 2.32. The summed E-state index contributed by atoms with van der Waals surface area (Å²) in [4.78, 5) is 0. The van der Waals surface area contributed by atoms with E-state index in [4.69, 9.17) is 10.0 Å². The van der Waals surface area contributed by atoms with Gasteiger partial charge in [0.25, 0.3) is 0 Å². The minimum Gasteiger partial charge on any atom is -0.423 e. The van der Waals surface area contributed by atoms with Gasteiger partial charge in [-0.2, -0.15) is 0 Å². The quantitative estimate of drug-likeness (QED) is 0.634. The van der Waals surface area contributed by atoms with Gasteiger partial charge >= 0.3 is 7.12 Å².